The molecule has 0 saturated carbocycles. The number of fused-ring (bicyclic) bond motifs is 1. The molecule has 3 aromatic heterocycles. The lowest BCUT2D eigenvalue weighted by Crippen LogP contribution is -2.32. The molecular formula is C21H18F2N4O3. The van der Waals surface area contributed by atoms with Crippen molar-refractivity contribution in [2.45, 2.75) is 25.5 Å². The smallest absolute Gasteiger partial charge is 0.263 e. The lowest BCUT2D eigenvalue weighted by atomic mass is 10.1. The van der Waals surface area contributed by atoms with Gasteiger partial charge in [-0.2, -0.15) is 4.98 Å². The summed E-state index contributed by atoms with van der Waals surface area (Å²) >= 11 is 0. The number of hydrogen-bond acceptors (Lipinski definition) is 7. The third-order valence-corrected chi connectivity index (χ3v) is 5.06. The molecule has 4 heterocycles. The number of rotatable bonds is 6. The van der Waals surface area contributed by atoms with Crippen molar-refractivity contribution < 1.29 is 22.5 Å². The first-order chi connectivity index (χ1) is 14.7. The highest BCUT2D eigenvalue weighted by molar-refractivity contribution is 5.97. The molecule has 1 aliphatic rings. The quantitative estimate of drug-likeness (QED) is 0.466. The molecule has 30 heavy (non-hydrogen) atoms. The Kier molecular flexibility index (Phi) is 4.88. The van der Waals surface area contributed by atoms with Crippen molar-refractivity contribution in [2.24, 2.45) is 0 Å². The van der Waals surface area contributed by atoms with Gasteiger partial charge in [0.2, 0.25) is 0 Å². The van der Waals surface area contributed by atoms with E-state index in [-0.39, 0.29) is 23.1 Å². The topological polar surface area (TPSA) is 77.4 Å². The predicted molar refractivity (Wildman–Crippen MR) is 104 cm³/mol. The number of halogens is 2. The molecule has 1 atom stereocenters. The van der Waals surface area contributed by atoms with E-state index in [1.165, 1.54) is 18.5 Å². The molecule has 9 heteroatoms. The minimum atomic E-state index is -0.702. The second kappa shape index (κ2) is 7.83. The summed E-state index contributed by atoms with van der Waals surface area (Å²) in [5, 5.41) is 4.51. The molecule has 0 aliphatic carbocycles. The molecule has 0 spiro atoms. The van der Waals surface area contributed by atoms with Crippen LogP contribution in [0.5, 0.6) is 0 Å². The number of benzene rings is 1. The Morgan fingerprint density at radius 2 is 2.00 bits per heavy atom. The van der Waals surface area contributed by atoms with E-state index in [1.54, 1.807) is 6.26 Å². The average Bonchev–Trinajstić information content (AvgIpc) is 3.48. The van der Waals surface area contributed by atoms with Gasteiger partial charge in [0.25, 0.3) is 5.71 Å². The van der Waals surface area contributed by atoms with Gasteiger partial charge < -0.3 is 18.6 Å². The molecule has 0 bridgehead atoms. The van der Waals surface area contributed by atoms with Crippen molar-refractivity contribution in [2.75, 3.05) is 18.1 Å². The van der Waals surface area contributed by atoms with Crippen molar-refractivity contribution in [3.05, 3.63) is 60.3 Å². The third-order valence-electron chi connectivity index (χ3n) is 5.06. The largest absolute Gasteiger partial charge is 0.467 e. The van der Waals surface area contributed by atoms with Crippen LogP contribution < -0.4 is 4.90 Å². The van der Waals surface area contributed by atoms with Gasteiger partial charge in [0.05, 0.1) is 18.9 Å². The lowest BCUT2D eigenvalue weighted by Gasteiger charge is -2.26. The molecule has 0 N–H and O–H groups in total. The third kappa shape index (κ3) is 3.63. The van der Waals surface area contributed by atoms with Crippen molar-refractivity contribution in [3.8, 4) is 11.3 Å². The first kappa shape index (κ1) is 18.7. The highest BCUT2D eigenvalue weighted by atomic mass is 19.1. The standard InChI is InChI=1S/C21H18F2N4O3/c22-14-7-13(8-15(23)9-14)19-18-20(24-12-25-21(18)30-26-19)27(10-16-3-1-5-28-16)11-17-4-2-6-29-17/h1,3,5,7-9,12,17H,2,4,6,10-11H2/t17-/m0/s1. The van der Waals surface area contributed by atoms with E-state index < -0.39 is 11.6 Å². The minimum Gasteiger partial charge on any atom is -0.467 e. The number of aromatic nitrogens is 3. The summed E-state index contributed by atoms with van der Waals surface area (Å²) in [7, 11) is 0. The molecule has 4 aromatic rings. The van der Waals surface area contributed by atoms with Crippen LogP contribution >= 0.6 is 0 Å². The lowest BCUT2D eigenvalue weighted by molar-refractivity contribution is 0.115. The summed E-state index contributed by atoms with van der Waals surface area (Å²) < 4.78 is 44.4. The van der Waals surface area contributed by atoms with Gasteiger partial charge in [-0.3, -0.25) is 0 Å². The first-order valence-corrected chi connectivity index (χ1v) is 9.63. The normalized spacial score (nSPS) is 16.4. The van der Waals surface area contributed by atoms with Crippen molar-refractivity contribution >= 4 is 16.9 Å². The summed E-state index contributed by atoms with van der Waals surface area (Å²) in [6, 6.07) is 6.90. The summed E-state index contributed by atoms with van der Waals surface area (Å²) in [4.78, 5) is 10.6. The fourth-order valence-electron chi connectivity index (χ4n) is 3.75. The molecule has 0 radical (unpaired) electrons. The van der Waals surface area contributed by atoms with Gasteiger partial charge in [0.15, 0.2) is 0 Å². The fraction of sp³-hybridized carbons (Fsp3) is 0.286. The van der Waals surface area contributed by atoms with Crippen LogP contribution in [0.4, 0.5) is 14.6 Å². The van der Waals surface area contributed by atoms with Crippen LogP contribution in [0.1, 0.15) is 18.6 Å². The van der Waals surface area contributed by atoms with E-state index in [4.69, 9.17) is 13.7 Å². The van der Waals surface area contributed by atoms with Gasteiger partial charge in [0.1, 0.15) is 40.6 Å². The molecule has 7 nitrogen and oxygen atoms in total. The average molecular weight is 412 g/mol. The van der Waals surface area contributed by atoms with E-state index in [1.807, 2.05) is 17.0 Å². The van der Waals surface area contributed by atoms with Crippen LogP contribution in [-0.2, 0) is 11.3 Å². The maximum atomic E-state index is 13.8. The monoisotopic (exact) mass is 412 g/mol. The van der Waals surface area contributed by atoms with Gasteiger partial charge in [-0.15, -0.1) is 0 Å². The molecule has 0 unspecified atom stereocenters. The Hall–Kier alpha value is -3.33. The van der Waals surface area contributed by atoms with E-state index >= 15 is 0 Å². The molecule has 0 amide bonds. The zero-order valence-electron chi connectivity index (χ0n) is 15.9. The Morgan fingerprint density at radius 3 is 2.73 bits per heavy atom. The zero-order chi connectivity index (χ0) is 20.5. The number of nitrogens with zero attached hydrogens (tertiary/aromatic N) is 4. The summed E-state index contributed by atoms with van der Waals surface area (Å²) in [5.74, 6) is -0.125. The van der Waals surface area contributed by atoms with Gasteiger partial charge in [-0.05, 0) is 37.1 Å². The number of anilines is 1. The van der Waals surface area contributed by atoms with E-state index in [9.17, 15) is 8.78 Å². The molecule has 1 fully saturated rings. The zero-order valence-corrected chi connectivity index (χ0v) is 15.9. The molecule has 1 saturated heterocycles. The van der Waals surface area contributed by atoms with Crippen LogP contribution in [0.25, 0.3) is 22.4 Å². The second-order valence-electron chi connectivity index (χ2n) is 7.16. The maximum Gasteiger partial charge on any atom is 0.263 e. The Bertz CT molecular complexity index is 1140. The molecule has 1 aromatic carbocycles. The van der Waals surface area contributed by atoms with Gasteiger partial charge in [-0.1, -0.05) is 5.16 Å². The van der Waals surface area contributed by atoms with Crippen LogP contribution in [-0.4, -0.2) is 34.4 Å². The summed E-state index contributed by atoms with van der Waals surface area (Å²) in [6.45, 7) is 1.72. The van der Waals surface area contributed by atoms with Crippen molar-refractivity contribution in [3.63, 3.8) is 0 Å². The number of furan rings is 1. The predicted octanol–water partition coefficient (Wildman–Crippen LogP) is 4.34. The van der Waals surface area contributed by atoms with Crippen LogP contribution in [0.3, 0.4) is 0 Å². The highest BCUT2D eigenvalue weighted by Gasteiger charge is 2.26. The van der Waals surface area contributed by atoms with E-state index in [0.29, 0.717) is 24.3 Å². The maximum absolute atomic E-state index is 13.8. The van der Waals surface area contributed by atoms with Crippen LogP contribution in [0, 0.1) is 11.6 Å². The summed E-state index contributed by atoms with van der Waals surface area (Å²) in [6.07, 6.45) is 4.97. The van der Waals surface area contributed by atoms with Crippen molar-refractivity contribution in [1.82, 2.24) is 15.1 Å². The van der Waals surface area contributed by atoms with Crippen LogP contribution in [0.2, 0.25) is 0 Å². The molecular weight excluding hydrogens is 394 g/mol. The number of hydrogen-bond donors (Lipinski definition) is 0. The van der Waals surface area contributed by atoms with Gasteiger partial charge in [0, 0.05) is 24.8 Å². The molecule has 154 valence electrons. The minimum absolute atomic E-state index is 0.0416. The Labute approximate surface area is 170 Å². The van der Waals surface area contributed by atoms with E-state index in [2.05, 4.69) is 15.1 Å². The fourth-order valence-corrected chi connectivity index (χ4v) is 3.75. The van der Waals surface area contributed by atoms with E-state index in [0.717, 1.165) is 31.3 Å². The van der Waals surface area contributed by atoms with Gasteiger partial charge in [-0.25, -0.2) is 13.8 Å². The molecule has 1 aliphatic heterocycles. The second-order valence-corrected chi connectivity index (χ2v) is 7.16. The number of ether oxygens (including phenoxy) is 1. The Morgan fingerprint density at radius 1 is 1.13 bits per heavy atom. The SMILES string of the molecule is Fc1cc(F)cc(-c2noc3ncnc(N(Cc4ccco4)C[C@@H]4CCCO4)c23)c1. The van der Waals surface area contributed by atoms with Gasteiger partial charge >= 0.3 is 0 Å². The first-order valence-electron chi connectivity index (χ1n) is 9.63. The van der Waals surface area contributed by atoms with Crippen molar-refractivity contribution in [1.29, 1.82) is 0 Å². The summed E-state index contributed by atoms with van der Waals surface area (Å²) in [5.41, 5.74) is 0.754. The van der Waals surface area contributed by atoms with Crippen LogP contribution in [0.15, 0.2) is 51.9 Å². The highest BCUT2D eigenvalue weighted by Crippen LogP contribution is 2.35. The Balaban J connectivity index is 1.62. The molecule has 5 rings (SSSR count).